The van der Waals surface area contributed by atoms with Gasteiger partial charge in [0.1, 0.15) is 6.10 Å². The van der Waals surface area contributed by atoms with E-state index in [1.807, 2.05) is 19.1 Å². The summed E-state index contributed by atoms with van der Waals surface area (Å²) >= 11 is 0. The van der Waals surface area contributed by atoms with Gasteiger partial charge >= 0.3 is 0 Å². The summed E-state index contributed by atoms with van der Waals surface area (Å²) < 4.78 is 5.67. The first-order valence-electron chi connectivity index (χ1n) is 7.00. The Morgan fingerprint density at radius 2 is 2.00 bits per heavy atom. The van der Waals surface area contributed by atoms with Crippen molar-refractivity contribution >= 4 is 0 Å². The molecular formula is C16H24O2. The van der Waals surface area contributed by atoms with E-state index in [9.17, 15) is 5.11 Å². The van der Waals surface area contributed by atoms with Crippen LogP contribution in [0.2, 0.25) is 0 Å². The molecule has 18 heavy (non-hydrogen) atoms. The summed E-state index contributed by atoms with van der Waals surface area (Å²) in [7, 11) is 0. The van der Waals surface area contributed by atoms with E-state index in [4.69, 9.17) is 4.74 Å². The minimum Gasteiger partial charge on any atom is -0.386 e. The number of hydrogen-bond donors (Lipinski definition) is 1. The Labute approximate surface area is 110 Å². The zero-order chi connectivity index (χ0) is 13.0. The van der Waals surface area contributed by atoms with Crippen LogP contribution in [0.15, 0.2) is 18.2 Å². The molecule has 1 aliphatic carbocycles. The molecule has 0 heterocycles. The van der Waals surface area contributed by atoms with Crippen molar-refractivity contribution in [2.45, 2.75) is 45.6 Å². The maximum atomic E-state index is 10.1. The first kappa shape index (κ1) is 13.6. The fourth-order valence-corrected chi connectivity index (χ4v) is 2.81. The van der Waals surface area contributed by atoms with Gasteiger partial charge in [-0.15, -0.1) is 0 Å². The highest BCUT2D eigenvalue weighted by Gasteiger charge is 2.16. The van der Waals surface area contributed by atoms with Crippen molar-refractivity contribution in [3.05, 3.63) is 34.9 Å². The molecule has 100 valence electrons. The molecule has 1 unspecified atom stereocenters. The van der Waals surface area contributed by atoms with Gasteiger partial charge in [0.25, 0.3) is 0 Å². The van der Waals surface area contributed by atoms with Crippen LogP contribution >= 0.6 is 0 Å². The van der Waals surface area contributed by atoms with E-state index in [0.29, 0.717) is 6.61 Å². The predicted octanol–water partition coefficient (Wildman–Crippen LogP) is 3.54. The third-order valence-corrected chi connectivity index (χ3v) is 3.89. The number of aliphatic hydroxyl groups is 1. The molecule has 2 rings (SSSR count). The zero-order valence-corrected chi connectivity index (χ0v) is 11.5. The van der Waals surface area contributed by atoms with E-state index in [-0.39, 0.29) is 0 Å². The molecule has 2 heteroatoms. The number of rotatable bonds is 5. The third kappa shape index (κ3) is 3.56. The number of hydrogen-bond acceptors (Lipinski definition) is 2. The van der Waals surface area contributed by atoms with Gasteiger partial charge in [0.05, 0.1) is 6.61 Å². The van der Waals surface area contributed by atoms with Crippen LogP contribution in [-0.2, 0) is 4.74 Å². The summed E-state index contributed by atoms with van der Waals surface area (Å²) in [6.07, 6.45) is 4.77. The number of aryl methyl sites for hydroxylation is 2. The van der Waals surface area contributed by atoms with Crippen molar-refractivity contribution in [1.82, 2.24) is 0 Å². The summed E-state index contributed by atoms with van der Waals surface area (Å²) in [6.45, 7) is 5.34. The summed E-state index contributed by atoms with van der Waals surface area (Å²) in [5.74, 6) is 0.719. The summed E-state index contributed by atoms with van der Waals surface area (Å²) in [4.78, 5) is 0. The maximum absolute atomic E-state index is 10.1. The molecule has 1 N–H and O–H groups in total. The van der Waals surface area contributed by atoms with Crippen molar-refractivity contribution in [1.29, 1.82) is 0 Å². The molecule has 1 fully saturated rings. The highest BCUT2D eigenvalue weighted by molar-refractivity contribution is 5.31. The minimum atomic E-state index is -0.494. The number of benzene rings is 1. The SMILES string of the molecule is Cc1ccc(C(O)COCC2CCCC2)c(C)c1. The third-order valence-electron chi connectivity index (χ3n) is 3.89. The van der Waals surface area contributed by atoms with Crippen molar-refractivity contribution in [2.75, 3.05) is 13.2 Å². The van der Waals surface area contributed by atoms with E-state index < -0.39 is 6.10 Å². The van der Waals surface area contributed by atoms with Crippen LogP contribution in [0.5, 0.6) is 0 Å². The van der Waals surface area contributed by atoms with Crippen LogP contribution < -0.4 is 0 Å². The van der Waals surface area contributed by atoms with Gasteiger partial charge in [-0.3, -0.25) is 0 Å². The summed E-state index contributed by atoms with van der Waals surface area (Å²) in [6, 6.07) is 6.16. The molecule has 1 aromatic carbocycles. The number of ether oxygens (including phenoxy) is 1. The van der Waals surface area contributed by atoms with Crippen LogP contribution in [0, 0.1) is 19.8 Å². The molecule has 1 saturated carbocycles. The lowest BCUT2D eigenvalue weighted by atomic mass is 10.0. The Balaban J connectivity index is 1.81. The summed E-state index contributed by atoms with van der Waals surface area (Å²) in [5.41, 5.74) is 3.37. The molecule has 0 saturated heterocycles. The first-order valence-corrected chi connectivity index (χ1v) is 7.00. The fourth-order valence-electron chi connectivity index (χ4n) is 2.81. The predicted molar refractivity (Wildman–Crippen MR) is 73.7 cm³/mol. The highest BCUT2D eigenvalue weighted by Crippen LogP contribution is 2.25. The van der Waals surface area contributed by atoms with Gasteiger partial charge in [-0.25, -0.2) is 0 Å². The van der Waals surface area contributed by atoms with Gasteiger partial charge in [0.2, 0.25) is 0 Å². The molecule has 0 radical (unpaired) electrons. The van der Waals surface area contributed by atoms with Crippen molar-refractivity contribution < 1.29 is 9.84 Å². The lowest BCUT2D eigenvalue weighted by Gasteiger charge is -2.16. The van der Waals surface area contributed by atoms with Gasteiger partial charge in [0.15, 0.2) is 0 Å². The van der Waals surface area contributed by atoms with Crippen molar-refractivity contribution in [3.8, 4) is 0 Å². The highest BCUT2D eigenvalue weighted by atomic mass is 16.5. The first-order chi connectivity index (χ1) is 8.66. The van der Waals surface area contributed by atoms with Crippen molar-refractivity contribution in [2.24, 2.45) is 5.92 Å². The van der Waals surface area contributed by atoms with Gasteiger partial charge < -0.3 is 9.84 Å². The van der Waals surface area contributed by atoms with Crippen molar-refractivity contribution in [3.63, 3.8) is 0 Å². The van der Waals surface area contributed by atoms with Gasteiger partial charge in [-0.2, -0.15) is 0 Å². The molecule has 1 atom stereocenters. The van der Waals surface area contributed by atoms with Crippen LogP contribution in [0.3, 0.4) is 0 Å². The average Bonchev–Trinajstić information content (AvgIpc) is 2.81. The summed E-state index contributed by atoms with van der Waals surface area (Å²) in [5, 5.41) is 10.1. The second kappa shape index (κ2) is 6.35. The van der Waals surface area contributed by atoms with Gasteiger partial charge in [-0.05, 0) is 43.7 Å². The fraction of sp³-hybridized carbons (Fsp3) is 0.625. The van der Waals surface area contributed by atoms with E-state index >= 15 is 0 Å². The molecule has 0 bridgehead atoms. The molecule has 1 aromatic rings. The largest absolute Gasteiger partial charge is 0.386 e. The van der Waals surface area contributed by atoms with Gasteiger partial charge in [-0.1, -0.05) is 36.6 Å². The molecule has 0 spiro atoms. The topological polar surface area (TPSA) is 29.5 Å². The van der Waals surface area contributed by atoms with Crippen LogP contribution in [-0.4, -0.2) is 18.3 Å². The van der Waals surface area contributed by atoms with E-state index in [1.165, 1.54) is 31.2 Å². The van der Waals surface area contributed by atoms with E-state index in [0.717, 1.165) is 23.7 Å². The molecule has 1 aliphatic rings. The van der Waals surface area contributed by atoms with E-state index in [1.54, 1.807) is 0 Å². The average molecular weight is 248 g/mol. The minimum absolute atomic E-state index is 0.417. The molecular weight excluding hydrogens is 224 g/mol. The van der Waals surface area contributed by atoms with Crippen LogP contribution in [0.1, 0.15) is 48.5 Å². The quantitative estimate of drug-likeness (QED) is 0.863. The number of aliphatic hydroxyl groups excluding tert-OH is 1. The Morgan fingerprint density at radius 3 is 2.67 bits per heavy atom. The standard InChI is InChI=1S/C16H24O2/c1-12-7-8-15(13(2)9-12)16(17)11-18-10-14-5-3-4-6-14/h7-9,14,16-17H,3-6,10-11H2,1-2H3. The lowest BCUT2D eigenvalue weighted by Crippen LogP contribution is -2.13. The van der Waals surface area contributed by atoms with Gasteiger partial charge in [0, 0.05) is 6.61 Å². The maximum Gasteiger partial charge on any atom is 0.103 e. The Kier molecular flexibility index (Phi) is 4.79. The normalized spacial score (nSPS) is 18.2. The molecule has 0 aliphatic heterocycles. The Morgan fingerprint density at radius 1 is 1.28 bits per heavy atom. The molecule has 0 aromatic heterocycles. The second-order valence-electron chi connectivity index (χ2n) is 5.56. The Hall–Kier alpha value is -0.860. The van der Waals surface area contributed by atoms with E-state index in [2.05, 4.69) is 13.0 Å². The molecule has 0 amide bonds. The smallest absolute Gasteiger partial charge is 0.103 e. The van der Waals surface area contributed by atoms with Crippen LogP contribution in [0.25, 0.3) is 0 Å². The Bertz CT molecular complexity index is 381. The monoisotopic (exact) mass is 248 g/mol. The lowest BCUT2D eigenvalue weighted by molar-refractivity contribution is 0.0209. The zero-order valence-electron chi connectivity index (χ0n) is 11.5. The van der Waals surface area contributed by atoms with Crippen LogP contribution in [0.4, 0.5) is 0 Å². The molecule has 2 nitrogen and oxygen atoms in total. The second-order valence-corrected chi connectivity index (χ2v) is 5.56.